The van der Waals surface area contributed by atoms with E-state index in [0.717, 1.165) is 39.3 Å². The number of fused-ring (bicyclic) bond motifs is 1. The van der Waals surface area contributed by atoms with E-state index < -0.39 is 5.60 Å². The van der Waals surface area contributed by atoms with E-state index in [1.807, 2.05) is 61.5 Å². The quantitative estimate of drug-likeness (QED) is 0.481. The zero-order chi connectivity index (χ0) is 20.6. The van der Waals surface area contributed by atoms with E-state index in [1.54, 1.807) is 24.6 Å². The second-order valence-corrected chi connectivity index (χ2v) is 7.91. The van der Waals surface area contributed by atoms with Crippen LogP contribution < -0.4 is 0 Å². The molecule has 0 aliphatic rings. The van der Waals surface area contributed by atoms with E-state index in [0.29, 0.717) is 5.02 Å². The van der Waals surface area contributed by atoms with Crippen molar-refractivity contribution in [1.29, 1.82) is 0 Å². The van der Waals surface area contributed by atoms with Gasteiger partial charge in [-0.2, -0.15) is 5.10 Å². The number of aromatic nitrogens is 3. The molecule has 0 fully saturated rings. The second kappa shape index (κ2) is 7.36. The van der Waals surface area contributed by atoms with Crippen LogP contribution >= 0.6 is 11.6 Å². The molecule has 2 aromatic carbocycles. The maximum absolute atomic E-state index is 10.1. The summed E-state index contributed by atoms with van der Waals surface area (Å²) in [7, 11) is 0. The Morgan fingerprint density at radius 1 is 1.00 bits per heavy atom. The zero-order valence-electron chi connectivity index (χ0n) is 16.4. The minimum absolute atomic E-state index is 0.693. The first-order valence-electron chi connectivity index (χ1n) is 9.27. The average molecular weight is 402 g/mol. The molecule has 0 bridgehead atoms. The number of hydrogen-bond acceptors (Lipinski definition) is 3. The number of benzene rings is 2. The van der Waals surface area contributed by atoms with Crippen molar-refractivity contribution < 1.29 is 5.11 Å². The predicted molar refractivity (Wildman–Crippen MR) is 116 cm³/mol. The Morgan fingerprint density at radius 2 is 1.69 bits per heavy atom. The van der Waals surface area contributed by atoms with Gasteiger partial charge in [0.1, 0.15) is 0 Å². The second-order valence-electron chi connectivity index (χ2n) is 7.47. The van der Waals surface area contributed by atoms with Gasteiger partial charge >= 0.3 is 0 Å². The fraction of sp³-hybridized carbons (Fsp3) is 0.167. The fourth-order valence-electron chi connectivity index (χ4n) is 3.07. The number of rotatable bonds is 2. The predicted octanol–water partition coefficient (Wildman–Crippen LogP) is 4.99. The Bertz CT molecular complexity index is 1240. The van der Waals surface area contributed by atoms with Gasteiger partial charge in [-0.05, 0) is 56.7 Å². The molecule has 4 nitrogen and oxygen atoms in total. The number of nitrogens with zero attached hydrogens (tertiary/aromatic N) is 3. The van der Waals surface area contributed by atoms with E-state index in [9.17, 15) is 5.11 Å². The molecule has 4 rings (SSSR count). The summed E-state index contributed by atoms with van der Waals surface area (Å²) in [4.78, 5) is 4.78. The summed E-state index contributed by atoms with van der Waals surface area (Å²) in [5.41, 5.74) is 5.14. The summed E-state index contributed by atoms with van der Waals surface area (Å²) in [6, 6.07) is 17.2. The molecule has 0 unspecified atom stereocenters. The molecule has 2 heterocycles. The molecule has 0 radical (unpaired) electrons. The molecule has 0 aliphatic heterocycles. The van der Waals surface area contributed by atoms with Gasteiger partial charge in [0.15, 0.2) is 5.65 Å². The lowest BCUT2D eigenvalue weighted by Crippen LogP contribution is -2.14. The van der Waals surface area contributed by atoms with Crippen molar-refractivity contribution in [1.82, 2.24) is 14.6 Å². The van der Waals surface area contributed by atoms with Crippen LogP contribution in [0.4, 0.5) is 0 Å². The topological polar surface area (TPSA) is 50.4 Å². The summed E-state index contributed by atoms with van der Waals surface area (Å²) < 4.78 is 1.79. The third-order valence-electron chi connectivity index (χ3n) is 4.72. The molecule has 0 amide bonds. The largest absolute Gasteiger partial charge is 0.386 e. The summed E-state index contributed by atoms with van der Waals surface area (Å²) in [6.07, 6.45) is 1.74. The van der Waals surface area contributed by atoms with Crippen LogP contribution in [0.15, 0.2) is 60.8 Å². The van der Waals surface area contributed by atoms with Crippen LogP contribution in [0, 0.1) is 18.8 Å². The third kappa shape index (κ3) is 4.02. The molecule has 0 saturated carbocycles. The highest BCUT2D eigenvalue weighted by atomic mass is 35.5. The molecule has 4 aromatic rings. The van der Waals surface area contributed by atoms with Crippen molar-refractivity contribution in [3.8, 4) is 23.1 Å². The summed E-state index contributed by atoms with van der Waals surface area (Å²) >= 11 is 6.00. The molecule has 1 N–H and O–H groups in total. The van der Waals surface area contributed by atoms with Crippen LogP contribution in [-0.2, 0) is 5.60 Å². The number of aryl methyl sites for hydroxylation is 1. The third-order valence-corrected chi connectivity index (χ3v) is 4.97. The van der Waals surface area contributed by atoms with Gasteiger partial charge in [-0.3, -0.25) is 0 Å². The van der Waals surface area contributed by atoms with Gasteiger partial charge < -0.3 is 5.11 Å². The molecule has 144 valence electrons. The fourth-order valence-corrected chi connectivity index (χ4v) is 3.20. The van der Waals surface area contributed by atoms with Gasteiger partial charge in [-0.1, -0.05) is 47.7 Å². The molecular formula is C24H20ClN3O. The highest BCUT2D eigenvalue weighted by Gasteiger charge is 2.15. The van der Waals surface area contributed by atoms with E-state index in [4.69, 9.17) is 16.6 Å². The van der Waals surface area contributed by atoms with Crippen LogP contribution in [0.25, 0.3) is 16.9 Å². The number of hydrogen-bond donors (Lipinski definition) is 1. The van der Waals surface area contributed by atoms with Crippen LogP contribution in [-0.4, -0.2) is 19.7 Å². The SMILES string of the molecule is Cc1cc(-c2ccc(Cl)cc2)nc2c(C#Cc3ccc(C(C)(C)O)cc3)cnn12. The van der Waals surface area contributed by atoms with Crippen LogP contribution in [0.2, 0.25) is 5.02 Å². The van der Waals surface area contributed by atoms with Crippen molar-refractivity contribution in [3.63, 3.8) is 0 Å². The number of aliphatic hydroxyl groups is 1. The van der Waals surface area contributed by atoms with Gasteiger partial charge in [-0.15, -0.1) is 0 Å². The first-order valence-corrected chi connectivity index (χ1v) is 9.65. The summed E-state index contributed by atoms with van der Waals surface area (Å²) in [5, 5.41) is 15.2. The standard InChI is InChI=1S/C24H20ClN3O/c1-16-14-22(18-8-12-21(25)13-9-18)27-23-19(15-26-28(16)23)7-4-17-5-10-20(11-6-17)24(2,3)29/h5-6,8-15,29H,1-3H3. The Morgan fingerprint density at radius 3 is 2.34 bits per heavy atom. The summed E-state index contributed by atoms with van der Waals surface area (Å²) in [5.74, 6) is 6.34. The normalized spacial score (nSPS) is 11.3. The highest BCUT2D eigenvalue weighted by Crippen LogP contribution is 2.23. The van der Waals surface area contributed by atoms with Gasteiger partial charge in [0, 0.05) is 21.8 Å². The Labute approximate surface area is 174 Å². The first-order chi connectivity index (χ1) is 13.8. The highest BCUT2D eigenvalue weighted by molar-refractivity contribution is 6.30. The Hall–Kier alpha value is -3.13. The molecule has 5 heteroatoms. The lowest BCUT2D eigenvalue weighted by atomic mass is 9.97. The summed E-state index contributed by atoms with van der Waals surface area (Å²) in [6.45, 7) is 5.52. The lowest BCUT2D eigenvalue weighted by molar-refractivity contribution is 0.0786. The lowest BCUT2D eigenvalue weighted by Gasteiger charge is -2.17. The van der Waals surface area contributed by atoms with Gasteiger partial charge in [0.2, 0.25) is 0 Å². The molecule has 0 spiro atoms. The molecule has 0 saturated heterocycles. The van der Waals surface area contributed by atoms with E-state index in [-0.39, 0.29) is 0 Å². The Balaban J connectivity index is 1.72. The van der Waals surface area contributed by atoms with Crippen molar-refractivity contribution >= 4 is 17.2 Å². The average Bonchev–Trinajstić information content (AvgIpc) is 3.10. The molecule has 2 aromatic heterocycles. The van der Waals surface area contributed by atoms with Crippen molar-refractivity contribution in [3.05, 3.63) is 88.2 Å². The molecule has 0 aliphatic carbocycles. The molecular weight excluding hydrogens is 382 g/mol. The van der Waals surface area contributed by atoms with Crippen LogP contribution in [0.5, 0.6) is 0 Å². The zero-order valence-corrected chi connectivity index (χ0v) is 17.2. The first kappa shape index (κ1) is 19.2. The monoisotopic (exact) mass is 401 g/mol. The number of halogens is 1. The maximum Gasteiger partial charge on any atom is 0.171 e. The molecule has 0 atom stereocenters. The van der Waals surface area contributed by atoms with Crippen LogP contribution in [0.1, 0.15) is 36.2 Å². The smallest absolute Gasteiger partial charge is 0.171 e. The minimum atomic E-state index is -0.867. The minimum Gasteiger partial charge on any atom is -0.386 e. The van der Waals surface area contributed by atoms with Crippen molar-refractivity contribution in [2.45, 2.75) is 26.4 Å². The van der Waals surface area contributed by atoms with E-state index in [2.05, 4.69) is 16.9 Å². The van der Waals surface area contributed by atoms with Gasteiger partial charge in [0.25, 0.3) is 0 Å². The molecule has 29 heavy (non-hydrogen) atoms. The van der Waals surface area contributed by atoms with E-state index >= 15 is 0 Å². The Kier molecular flexibility index (Phi) is 4.87. The van der Waals surface area contributed by atoms with Crippen LogP contribution in [0.3, 0.4) is 0 Å². The maximum atomic E-state index is 10.1. The van der Waals surface area contributed by atoms with Crippen molar-refractivity contribution in [2.75, 3.05) is 0 Å². The van der Waals surface area contributed by atoms with Crippen molar-refractivity contribution in [2.24, 2.45) is 0 Å². The van der Waals surface area contributed by atoms with E-state index in [1.165, 1.54) is 0 Å². The van der Waals surface area contributed by atoms with Gasteiger partial charge in [0.05, 0.1) is 23.1 Å². The van der Waals surface area contributed by atoms with Gasteiger partial charge in [-0.25, -0.2) is 9.50 Å².